The first kappa shape index (κ1) is 32.5. The minimum Gasteiger partial charge on any atom is -0.477 e. The van der Waals surface area contributed by atoms with Crippen molar-refractivity contribution in [2.45, 2.75) is 45.2 Å². The number of halogens is 3. The van der Waals surface area contributed by atoms with Gasteiger partial charge in [0.1, 0.15) is 5.82 Å². The number of hydrogen-bond acceptors (Lipinski definition) is 7. The van der Waals surface area contributed by atoms with Crippen LogP contribution in [-0.4, -0.2) is 94.2 Å². The summed E-state index contributed by atoms with van der Waals surface area (Å²) in [5.74, 6) is -1.61. The lowest BCUT2D eigenvalue weighted by Crippen LogP contribution is -2.55. The Bertz CT molecular complexity index is 1610. The van der Waals surface area contributed by atoms with Crippen molar-refractivity contribution >= 4 is 23.6 Å². The molecule has 0 unspecified atom stereocenters. The second kappa shape index (κ2) is 14.0. The molecule has 46 heavy (non-hydrogen) atoms. The van der Waals surface area contributed by atoms with E-state index in [1.54, 1.807) is 30.5 Å². The molecule has 0 aliphatic carbocycles. The minimum atomic E-state index is -3.02. The number of likely N-dealkylation sites (tertiary alicyclic amines) is 1. The molecular weight excluding hydrogens is 605 g/mol. The lowest BCUT2D eigenvalue weighted by atomic mass is 10.0. The standard InChI is InChI=1S/C32H35F3N6O5/c1-3-21-18-39(31(43)22-8-7-19(33)16-24(22)28(34)35)14-15-41(21)26-10-9-25(23-6-5-12-36-30(23)46-4-2)38-27(26)29(42)37-20-11-13-40(17-20)32(44)45/h5-10,12,16,20-21,28H,3-4,11,13-15,17-18H2,1-2H3,(H,37,42)(H,44,45)/t20-,21-/m1/s1. The highest BCUT2D eigenvalue weighted by Gasteiger charge is 2.34. The maximum Gasteiger partial charge on any atom is 0.407 e. The number of amides is 3. The van der Waals surface area contributed by atoms with Gasteiger partial charge in [0, 0.05) is 62.1 Å². The molecule has 3 aromatic rings. The molecule has 14 heteroatoms. The summed E-state index contributed by atoms with van der Waals surface area (Å²) < 4.78 is 46.8. The average Bonchev–Trinajstić information content (AvgIpc) is 3.53. The van der Waals surface area contributed by atoms with E-state index in [2.05, 4.69) is 10.3 Å². The Balaban J connectivity index is 1.46. The molecule has 0 radical (unpaired) electrons. The summed E-state index contributed by atoms with van der Waals surface area (Å²) in [7, 11) is 0. The van der Waals surface area contributed by atoms with Crippen LogP contribution in [0.1, 0.15) is 59.5 Å². The molecule has 11 nitrogen and oxygen atoms in total. The molecule has 2 atom stereocenters. The highest BCUT2D eigenvalue weighted by atomic mass is 19.3. The average molecular weight is 641 g/mol. The number of carboxylic acid groups (broad SMARTS) is 1. The van der Waals surface area contributed by atoms with Gasteiger partial charge >= 0.3 is 6.09 Å². The Kier molecular flexibility index (Phi) is 9.93. The van der Waals surface area contributed by atoms with Gasteiger partial charge in [0.25, 0.3) is 18.2 Å². The van der Waals surface area contributed by atoms with Crippen LogP contribution in [0.25, 0.3) is 11.3 Å². The Morgan fingerprint density at radius 1 is 1.07 bits per heavy atom. The van der Waals surface area contributed by atoms with Gasteiger partial charge in [-0.3, -0.25) is 9.59 Å². The number of pyridine rings is 2. The lowest BCUT2D eigenvalue weighted by molar-refractivity contribution is 0.0708. The number of nitrogens with zero attached hydrogens (tertiary/aromatic N) is 5. The van der Waals surface area contributed by atoms with Gasteiger partial charge < -0.3 is 29.9 Å². The van der Waals surface area contributed by atoms with Gasteiger partial charge in [-0.15, -0.1) is 0 Å². The molecule has 3 amide bonds. The largest absolute Gasteiger partial charge is 0.477 e. The van der Waals surface area contributed by atoms with Gasteiger partial charge in [-0.1, -0.05) is 6.92 Å². The van der Waals surface area contributed by atoms with E-state index in [9.17, 15) is 32.7 Å². The van der Waals surface area contributed by atoms with Crippen molar-refractivity contribution in [3.8, 4) is 17.1 Å². The van der Waals surface area contributed by atoms with Crippen molar-refractivity contribution in [2.24, 2.45) is 0 Å². The highest BCUT2D eigenvalue weighted by molar-refractivity contribution is 5.99. The van der Waals surface area contributed by atoms with Crippen LogP contribution in [0.3, 0.4) is 0 Å². The van der Waals surface area contributed by atoms with Crippen LogP contribution in [-0.2, 0) is 0 Å². The highest BCUT2D eigenvalue weighted by Crippen LogP contribution is 2.33. The van der Waals surface area contributed by atoms with Crippen LogP contribution in [0.2, 0.25) is 0 Å². The first-order valence-corrected chi connectivity index (χ1v) is 15.1. The third kappa shape index (κ3) is 6.85. The second-order valence-corrected chi connectivity index (χ2v) is 11.1. The monoisotopic (exact) mass is 640 g/mol. The number of benzene rings is 1. The molecule has 4 heterocycles. The van der Waals surface area contributed by atoms with Crippen molar-refractivity contribution in [3.63, 3.8) is 0 Å². The van der Waals surface area contributed by atoms with Crippen LogP contribution < -0.4 is 15.0 Å². The molecule has 0 bridgehead atoms. The van der Waals surface area contributed by atoms with Crippen molar-refractivity contribution < 1.29 is 37.4 Å². The van der Waals surface area contributed by atoms with Gasteiger partial charge in [0.2, 0.25) is 5.88 Å². The normalized spacial score (nSPS) is 18.2. The van der Waals surface area contributed by atoms with E-state index in [-0.39, 0.29) is 43.5 Å². The number of aromatic nitrogens is 2. The fourth-order valence-corrected chi connectivity index (χ4v) is 5.93. The molecular formula is C32H35F3N6O5. The van der Waals surface area contributed by atoms with E-state index in [1.807, 2.05) is 18.7 Å². The van der Waals surface area contributed by atoms with Gasteiger partial charge in [0.05, 0.1) is 23.6 Å². The summed E-state index contributed by atoms with van der Waals surface area (Å²) in [6.07, 6.45) is -1.49. The number of nitrogens with one attached hydrogen (secondary N) is 1. The second-order valence-electron chi connectivity index (χ2n) is 11.1. The molecule has 2 N–H and O–H groups in total. The predicted octanol–water partition coefficient (Wildman–Crippen LogP) is 4.84. The molecule has 2 aliphatic rings. The van der Waals surface area contributed by atoms with Crippen LogP contribution in [0, 0.1) is 5.82 Å². The van der Waals surface area contributed by atoms with Gasteiger partial charge in [0.15, 0.2) is 5.69 Å². The Hall–Kier alpha value is -4.88. The van der Waals surface area contributed by atoms with E-state index in [0.717, 1.165) is 12.1 Å². The lowest BCUT2D eigenvalue weighted by Gasteiger charge is -2.43. The number of carbonyl (C=O) groups excluding carboxylic acids is 2. The Morgan fingerprint density at radius 3 is 2.57 bits per heavy atom. The molecule has 1 aromatic carbocycles. The maximum absolute atomic E-state index is 13.8. The Morgan fingerprint density at radius 2 is 1.87 bits per heavy atom. The van der Waals surface area contributed by atoms with Crippen LogP contribution in [0.15, 0.2) is 48.7 Å². The zero-order valence-corrected chi connectivity index (χ0v) is 25.5. The smallest absolute Gasteiger partial charge is 0.407 e. The van der Waals surface area contributed by atoms with Crippen LogP contribution >= 0.6 is 0 Å². The number of anilines is 1. The van der Waals surface area contributed by atoms with Crippen molar-refractivity contribution in [2.75, 3.05) is 44.2 Å². The summed E-state index contributed by atoms with van der Waals surface area (Å²) in [4.78, 5) is 52.4. The number of piperazine rings is 1. The minimum absolute atomic E-state index is 0.106. The number of ether oxygens (including phenoxy) is 1. The SMILES string of the molecule is CCOc1ncccc1-c1ccc(N2CCN(C(=O)c3ccc(F)cc3C(F)F)C[C@H]2CC)c(C(=O)N[C@@H]2CCN(C(=O)O)C2)n1. The van der Waals surface area contributed by atoms with Crippen molar-refractivity contribution in [3.05, 3.63) is 71.3 Å². The maximum atomic E-state index is 13.8. The molecule has 2 fully saturated rings. The van der Waals surface area contributed by atoms with E-state index < -0.39 is 41.8 Å². The van der Waals surface area contributed by atoms with Crippen LogP contribution in [0.4, 0.5) is 23.7 Å². The van der Waals surface area contributed by atoms with Crippen LogP contribution in [0.5, 0.6) is 5.88 Å². The summed E-state index contributed by atoms with van der Waals surface area (Å²) in [5.41, 5.74) is 0.731. The molecule has 0 saturated carbocycles. The van der Waals surface area contributed by atoms with E-state index in [0.29, 0.717) is 54.9 Å². The molecule has 2 aromatic heterocycles. The summed E-state index contributed by atoms with van der Waals surface area (Å²) in [6, 6.07) is 9.09. The third-order valence-corrected chi connectivity index (χ3v) is 8.24. The summed E-state index contributed by atoms with van der Waals surface area (Å²) in [5, 5.41) is 12.3. The third-order valence-electron chi connectivity index (χ3n) is 8.24. The topological polar surface area (TPSA) is 128 Å². The number of rotatable bonds is 9. The van der Waals surface area contributed by atoms with E-state index in [4.69, 9.17) is 9.72 Å². The number of carbonyl (C=O) groups is 3. The zero-order chi connectivity index (χ0) is 33.0. The fraction of sp³-hybridized carbons (Fsp3) is 0.406. The van der Waals surface area contributed by atoms with Crippen molar-refractivity contribution in [1.82, 2.24) is 25.1 Å². The van der Waals surface area contributed by atoms with Gasteiger partial charge in [-0.25, -0.2) is 27.9 Å². The predicted molar refractivity (Wildman–Crippen MR) is 163 cm³/mol. The van der Waals surface area contributed by atoms with E-state index >= 15 is 0 Å². The molecule has 2 saturated heterocycles. The van der Waals surface area contributed by atoms with Crippen molar-refractivity contribution in [1.29, 1.82) is 0 Å². The first-order chi connectivity index (χ1) is 22.1. The fourth-order valence-electron chi connectivity index (χ4n) is 5.93. The van der Waals surface area contributed by atoms with E-state index in [1.165, 1.54) is 9.80 Å². The quantitative estimate of drug-likeness (QED) is 0.340. The molecule has 244 valence electrons. The number of alkyl halides is 2. The van der Waals surface area contributed by atoms with Gasteiger partial charge in [-0.05, 0) is 62.2 Å². The first-order valence-electron chi connectivity index (χ1n) is 15.1. The summed E-state index contributed by atoms with van der Waals surface area (Å²) >= 11 is 0. The summed E-state index contributed by atoms with van der Waals surface area (Å²) in [6.45, 7) is 5.16. The van der Waals surface area contributed by atoms with Gasteiger partial charge in [-0.2, -0.15) is 0 Å². The molecule has 5 rings (SSSR count). The Labute approximate surface area is 264 Å². The zero-order valence-electron chi connectivity index (χ0n) is 25.5. The number of hydrogen-bond donors (Lipinski definition) is 2. The molecule has 0 spiro atoms. The molecule has 2 aliphatic heterocycles.